The summed E-state index contributed by atoms with van der Waals surface area (Å²) < 4.78 is 53.9. The van der Waals surface area contributed by atoms with Gasteiger partial charge in [-0.2, -0.15) is 5.10 Å². The van der Waals surface area contributed by atoms with Crippen LogP contribution in [0.2, 0.25) is 0 Å². The average Bonchev–Trinajstić information content (AvgIpc) is 3.01. The molecule has 1 amide bonds. The summed E-state index contributed by atoms with van der Waals surface area (Å²) >= 11 is 1.06. The van der Waals surface area contributed by atoms with E-state index in [1.54, 1.807) is 24.5 Å². The molecule has 0 aliphatic heterocycles. The van der Waals surface area contributed by atoms with Crippen LogP contribution in [0.25, 0.3) is 0 Å². The fourth-order valence-electron chi connectivity index (χ4n) is 2.58. The van der Waals surface area contributed by atoms with Crippen molar-refractivity contribution in [1.29, 1.82) is 0 Å². The number of hydrogen-bond acceptors (Lipinski definition) is 6. The van der Waals surface area contributed by atoms with Crippen molar-refractivity contribution >= 4 is 39.0 Å². The minimum Gasteiger partial charge on any atom is -0.383 e. The van der Waals surface area contributed by atoms with Crippen LogP contribution in [-0.2, 0) is 21.2 Å². The van der Waals surface area contributed by atoms with Gasteiger partial charge in [0.05, 0.1) is 10.6 Å². The molecule has 29 heavy (non-hydrogen) atoms. The van der Waals surface area contributed by atoms with Crippen LogP contribution in [0.4, 0.5) is 20.3 Å². The molecule has 1 aromatic heterocycles. The van der Waals surface area contributed by atoms with Gasteiger partial charge in [-0.25, -0.2) is 21.9 Å². The Labute approximate surface area is 169 Å². The van der Waals surface area contributed by atoms with Gasteiger partial charge in [-0.05, 0) is 30.5 Å². The van der Waals surface area contributed by atoms with Gasteiger partial charge in [0.1, 0.15) is 33.9 Å². The Hall–Kier alpha value is -2.92. The molecule has 0 aliphatic rings. The molecule has 1 heterocycles. The summed E-state index contributed by atoms with van der Waals surface area (Å²) in [5.41, 5.74) is 5.65. The van der Waals surface area contributed by atoms with Gasteiger partial charge in [0.2, 0.25) is 15.7 Å². The number of sulfone groups is 1. The molecular weight excluding hydrogens is 422 g/mol. The number of anilines is 2. The van der Waals surface area contributed by atoms with Crippen molar-refractivity contribution in [1.82, 2.24) is 9.78 Å². The lowest BCUT2D eigenvalue weighted by Crippen LogP contribution is -2.21. The first-order valence-corrected chi connectivity index (χ1v) is 10.9. The number of thioether (sulfide) groups is 1. The number of rotatable bonds is 6. The van der Waals surface area contributed by atoms with Crippen molar-refractivity contribution in [3.05, 3.63) is 60.2 Å². The highest BCUT2D eigenvalue weighted by Crippen LogP contribution is 2.33. The maximum absolute atomic E-state index is 13.7. The molecule has 3 aromatic rings. The van der Waals surface area contributed by atoms with Gasteiger partial charge in [-0.15, -0.1) is 11.8 Å². The third-order valence-electron chi connectivity index (χ3n) is 3.93. The van der Waals surface area contributed by atoms with Crippen LogP contribution in [0.1, 0.15) is 0 Å². The number of benzene rings is 2. The number of amides is 1. The van der Waals surface area contributed by atoms with Gasteiger partial charge in [0.15, 0.2) is 0 Å². The van der Waals surface area contributed by atoms with E-state index >= 15 is 0 Å². The lowest BCUT2D eigenvalue weighted by atomic mass is 10.3. The first-order chi connectivity index (χ1) is 13.7. The first-order valence-electron chi connectivity index (χ1n) is 8.19. The highest BCUT2D eigenvalue weighted by atomic mass is 32.2. The second-order valence-corrected chi connectivity index (χ2v) is 8.55. The maximum Gasteiger partial charge on any atom is 0.246 e. The van der Waals surface area contributed by atoms with E-state index in [0.717, 1.165) is 34.6 Å². The zero-order valence-corrected chi connectivity index (χ0v) is 16.7. The number of carbonyl (C=O) groups excluding carboxylic acids is 1. The fraction of sp³-hybridized carbons (Fsp3) is 0.111. The van der Waals surface area contributed by atoms with E-state index in [2.05, 4.69) is 10.4 Å². The predicted octanol–water partition coefficient (Wildman–Crippen LogP) is 2.94. The average molecular weight is 438 g/mol. The number of nitrogen functional groups attached to an aromatic ring is 1. The van der Waals surface area contributed by atoms with Crippen molar-refractivity contribution in [2.24, 2.45) is 0 Å². The Bertz CT molecular complexity index is 1170. The molecule has 0 saturated carbocycles. The minimum absolute atomic E-state index is 0.0350. The molecular formula is C18H16F2N4O3S2. The van der Waals surface area contributed by atoms with Crippen molar-refractivity contribution < 1.29 is 22.0 Å². The minimum atomic E-state index is -3.97. The monoisotopic (exact) mass is 438 g/mol. The van der Waals surface area contributed by atoms with Gasteiger partial charge in [-0.3, -0.25) is 4.79 Å². The molecule has 0 radical (unpaired) electrons. The van der Waals surface area contributed by atoms with Crippen LogP contribution in [-0.4, -0.2) is 30.4 Å². The highest BCUT2D eigenvalue weighted by molar-refractivity contribution is 7.99. The van der Waals surface area contributed by atoms with E-state index in [4.69, 9.17) is 5.73 Å². The molecule has 0 spiro atoms. The van der Waals surface area contributed by atoms with Crippen molar-refractivity contribution in [2.75, 3.05) is 17.3 Å². The fourth-order valence-corrected chi connectivity index (χ4v) is 5.03. The topological polar surface area (TPSA) is 107 Å². The van der Waals surface area contributed by atoms with E-state index < -0.39 is 33.9 Å². The molecule has 7 nitrogen and oxygen atoms in total. The number of hydrogen-bond donors (Lipinski definition) is 2. The molecule has 0 aliphatic carbocycles. The summed E-state index contributed by atoms with van der Waals surface area (Å²) in [6.45, 7) is -0.486. The van der Waals surface area contributed by atoms with Gasteiger partial charge in [0, 0.05) is 6.07 Å². The third-order valence-corrected chi connectivity index (χ3v) is 6.56. The quantitative estimate of drug-likeness (QED) is 0.573. The summed E-state index contributed by atoms with van der Waals surface area (Å²) in [6, 6.07) is 10.3. The number of carbonyl (C=O) groups is 1. The first kappa shape index (κ1) is 20.8. The second kappa shape index (κ2) is 8.21. The van der Waals surface area contributed by atoms with E-state index in [1.807, 2.05) is 0 Å². The third kappa shape index (κ3) is 4.25. The van der Waals surface area contributed by atoms with Crippen LogP contribution in [0, 0.1) is 11.6 Å². The van der Waals surface area contributed by atoms with E-state index in [9.17, 15) is 22.0 Å². The molecule has 0 saturated heterocycles. The summed E-state index contributed by atoms with van der Waals surface area (Å²) in [6.07, 6.45) is 1.62. The molecule has 2 aromatic carbocycles. The number of nitrogens with two attached hydrogens (primary N) is 1. The summed E-state index contributed by atoms with van der Waals surface area (Å²) in [5, 5.41) is 6.43. The van der Waals surface area contributed by atoms with Crippen molar-refractivity contribution in [3.8, 4) is 0 Å². The largest absolute Gasteiger partial charge is 0.383 e. The Balaban J connectivity index is 1.92. The predicted molar refractivity (Wildman–Crippen MR) is 105 cm³/mol. The summed E-state index contributed by atoms with van der Waals surface area (Å²) in [5.74, 6) is -2.51. The van der Waals surface area contributed by atoms with E-state index in [1.165, 1.54) is 12.1 Å². The van der Waals surface area contributed by atoms with Crippen LogP contribution in [0.3, 0.4) is 0 Å². The summed E-state index contributed by atoms with van der Waals surface area (Å²) in [4.78, 5) is 12.1. The van der Waals surface area contributed by atoms with Crippen LogP contribution in [0.15, 0.2) is 63.3 Å². The molecule has 3 rings (SSSR count). The zero-order valence-electron chi connectivity index (χ0n) is 15.1. The maximum atomic E-state index is 13.7. The Morgan fingerprint density at radius 3 is 2.55 bits per heavy atom. The van der Waals surface area contributed by atoms with E-state index in [0.29, 0.717) is 0 Å². The highest BCUT2D eigenvalue weighted by Gasteiger charge is 2.29. The number of aromatic nitrogens is 2. The van der Waals surface area contributed by atoms with Gasteiger partial charge < -0.3 is 11.1 Å². The lowest BCUT2D eigenvalue weighted by Gasteiger charge is -2.08. The molecule has 0 bridgehead atoms. The molecule has 11 heteroatoms. The van der Waals surface area contributed by atoms with Crippen LogP contribution in [0.5, 0.6) is 0 Å². The van der Waals surface area contributed by atoms with E-state index in [-0.39, 0.29) is 26.3 Å². The van der Waals surface area contributed by atoms with Crippen LogP contribution >= 0.6 is 11.8 Å². The number of halogens is 2. The second-order valence-electron chi connectivity index (χ2n) is 5.87. The molecule has 0 unspecified atom stereocenters. The molecule has 3 N–H and O–H groups in total. The smallest absolute Gasteiger partial charge is 0.246 e. The number of nitrogens with one attached hydrogen (secondary N) is 1. The lowest BCUT2D eigenvalue weighted by molar-refractivity contribution is -0.116. The van der Waals surface area contributed by atoms with Gasteiger partial charge in [-0.1, -0.05) is 18.2 Å². The van der Waals surface area contributed by atoms with Crippen molar-refractivity contribution in [3.63, 3.8) is 0 Å². The molecule has 0 atom stereocenters. The van der Waals surface area contributed by atoms with Gasteiger partial charge >= 0.3 is 0 Å². The van der Waals surface area contributed by atoms with Crippen molar-refractivity contribution in [2.45, 2.75) is 21.4 Å². The SMILES string of the molecule is CSc1nn(CC(=O)Nc2cc(F)ccc2F)c(N)c1S(=O)(=O)c1ccccc1. The normalized spacial score (nSPS) is 11.4. The standard InChI is InChI=1S/C18H16F2N4O3S2/c1-28-18-16(29(26,27)12-5-3-2-4-6-12)17(21)24(23-18)10-15(25)22-14-9-11(19)7-8-13(14)20/h2-9H,10,21H2,1H3,(H,22,25). The van der Waals surface area contributed by atoms with Crippen LogP contribution < -0.4 is 11.1 Å². The zero-order chi connectivity index (χ0) is 21.2. The number of nitrogens with zero attached hydrogens (tertiary/aromatic N) is 2. The Morgan fingerprint density at radius 1 is 1.21 bits per heavy atom. The molecule has 152 valence electrons. The van der Waals surface area contributed by atoms with Gasteiger partial charge in [0.25, 0.3) is 0 Å². The Kier molecular flexibility index (Phi) is 5.89. The molecule has 0 fully saturated rings. The summed E-state index contributed by atoms with van der Waals surface area (Å²) in [7, 11) is -3.97. The Morgan fingerprint density at radius 2 is 1.90 bits per heavy atom.